The smallest absolute Gasteiger partial charge is 0.311 e. The Morgan fingerprint density at radius 3 is 1.86 bits per heavy atom. The number of carbonyl (C=O) groups is 3. The summed E-state index contributed by atoms with van der Waals surface area (Å²) in [4.78, 5) is 35.5. The maximum Gasteiger partial charge on any atom is 0.311 e. The highest BCUT2D eigenvalue weighted by molar-refractivity contribution is 5.88. The van der Waals surface area contributed by atoms with E-state index in [4.69, 9.17) is 0 Å². The standard InChI is InChI=1S/C15H24O6/c1-4-10-9(11(16)17)7-8-14(5-2,12(18)19)15(10,6-3)13(20)21/h9-10H,4-8H2,1-3H3,(H,16,17)(H,18,19)(H,20,21). The van der Waals surface area contributed by atoms with Gasteiger partial charge in [0.2, 0.25) is 0 Å². The second kappa shape index (κ2) is 6.03. The van der Waals surface area contributed by atoms with Crippen LogP contribution in [0.1, 0.15) is 52.9 Å². The molecule has 4 unspecified atom stereocenters. The Morgan fingerprint density at radius 2 is 1.57 bits per heavy atom. The predicted molar refractivity (Wildman–Crippen MR) is 74.9 cm³/mol. The summed E-state index contributed by atoms with van der Waals surface area (Å²) >= 11 is 0. The molecular weight excluding hydrogens is 276 g/mol. The molecule has 0 radical (unpaired) electrons. The van der Waals surface area contributed by atoms with Gasteiger partial charge < -0.3 is 15.3 Å². The van der Waals surface area contributed by atoms with E-state index < -0.39 is 40.6 Å². The number of rotatable bonds is 6. The highest BCUT2D eigenvalue weighted by atomic mass is 16.4. The first-order valence-electron chi connectivity index (χ1n) is 7.44. The van der Waals surface area contributed by atoms with Crippen molar-refractivity contribution in [2.45, 2.75) is 52.9 Å². The molecule has 0 aromatic rings. The van der Waals surface area contributed by atoms with Crippen molar-refractivity contribution in [1.29, 1.82) is 0 Å². The molecule has 0 aromatic heterocycles. The summed E-state index contributed by atoms with van der Waals surface area (Å²) in [5.41, 5.74) is -2.94. The van der Waals surface area contributed by atoms with E-state index in [0.29, 0.717) is 6.42 Å². The summed E-state index contributed by atoms with van der Waals surface area (Å²) < 4.78 is 0. The molecule has 0 bridgehead atoms. The molecule has 21 heavy (non-hydrogen) atoms. The lowest BCUT2D eigenvalue weighted by Crippen LogP contribution is -2.61. The van der Waals surface area contributed by atoms with E-state index in [9.17, 15) is 29.7 Å². The molecule has 1 fully saturated rings. The fraction of sp³-hybridized carbons (Fsp3) is 0.800. The molecule has 0 saturated heterocycles. The van der Waals surface area contributed by atoms with E-state index in [1.807, 2.05) is 0 Å². The fourth-order valence-electron chi connectivity index (χ4n) is 4.51. The second-order valence-corrected chi connectivity index (χ2v) is 5.87. The highest BCUT2D eigenvalue weighted by Gasteiger charge is 2.66. The molecule has 0 spiro atoms. The average Bonchev–Trinajstić information content (AvgIpc) is 2.43. The van der Waals surface area contributed by atoms with Gasteiger partial charge in [-0.05, 0) is 31.6 Å². The van der Waals surface area contributed by atoms with Crippen LogP contribution in [-0.4, -0.2) is 33.2 Å². The maximum atomic E-state index is 12.1. The molecule has 0 aromatic carbocycles. The molecule has 1 saturated carbocycles. The fourth-order valence-corrected chi connectivity index (χ4v) is 4.51. The second-order valence-electron chi connectivity index (χ2n) is 5.87. The molecule has 0 amide bonds. The lowest BCUT2D eigenvalue weighted by Gasteiger charge is -2.54. The molecule has 0 heterocycles. The number of aliphatic carboxylic acids is 3. The van der Waals surface area contributed by atoms with Crippen LogP contribution in [0.2, 0.25) is 0 Å². The third kappa shape index (κ3) is 2.21. The summed E-state index contributed by atoms with van der Waals surface area (Å²) in [5.74, 6) is -4.83. The van der Waals surface area contributed by atoms with Crippen molar-refractivity contribution in [2.75, 3.05) is 0 Å². The van der Waals surface area contributed by atoms with Crippen molar-refractivity contribution in [3.05, 3.63) is 0 Å². The molecule has 6 heteroatoms. The number of carboxylic acid groups (broad SMARTS) is 3. The number of hydrogen-bond acceptors (Lipinski definition) is 3. The van der Waals surface area contributed by atoms with Gasteiger partial charge in [-0.25, -0.2) is 0 Å². The van der Waals surface area contributed by atoms with Crippen LogP contribution >= 0.6 is 0 Å². The van der Waals surface area contributed by atoms with Crippen LogP contribution in [0.3, 0.4) is 0 Å². The molecule has 120 valence electrons. The Balaban J connectivity index is 3.60. The predicted octanol–water partition coefficient (Wildman–Crippen LogP) is 2.47. The minimum atomic E-state index is -1.54. The van der Waals surface area contributed by atoms with Crippen LogP contribution < -0.4 is 0 Å². The van der Waals surface area contributed by atoms with E-state index in [0.717, 1.165) is 0 Å². The van der Waals surface area contributed by atoms with Gasteiger partial charge in [0.1, 0.15) is 0 Å². The minimum absolute atomic E-state index is 0.0897. The van der Waals surface area contributed by atoms with Crippen molar-refractivity contribution in [2.24, 2.45) is 22.7 Å². The van der Waals surface area contributed by atoms with Gasteiger partial charge in [-0.3, -0.25) is 14.4 Å². The van der Waals surface area contributed by atoms with E-state index in [1.54, 1.807) is 20.8 Å². The zero-order valence-corrected chi connectivity index (χ0v) is 12.8. The summed E-state index contributed by atoms with van der Waals surface area (Å²) in [6.45, 7) is 5.06. The summed E-state index contributed by atoms with van der Waals surface area (Å²) in [7, 11) is 0. The van der Waals surface area contributed by atoms with Crippen molar-refractivity contribution < 1.29 is 29.7 Å². The molecular formula is C15H24O6. The van der Waals surface area contributed by atoms with Gasteiger partial charge in [-0.15, -0.1) is 0 Å². The van der Waals surface area contributed by atoms with Gasteiger partial charge in [0.05, 0.1) is 16.7 Å². The number of carboxylic acids is 3. The largest absolute Gasteiger partial charge is 0.481 e. The first kappa shape index (κ1) is 17.5. The minimum Gasteiger partial charge on any atom is -0.481 e. The van der Waals surface area contributed by atoms with Crippen molar-refractivity contribution >= 4 is 17.9 Å². The van der Waals surface area contributed by atoms with E-state index in [-0.39, 0.29) is 25.7 Å². The third-order valence-electron chi connectivity index (χ3n) is 5.56. The van der Waals surface area contributed by atoms with Crippen LogP contribution in [0.5, 0.6) is 0 Å². The summed E-state index contributed by atoms with van der Waals surface area (Å²) in [6.07, 6.45) is 0.942. The van der Waals surface area contributed by atoms with Gasteiger partial charge in [0.15, 0.2) is 0 Å². The van der Waals surface area contributed by atoms with E-state index in [2.05, 4.69) is 0 Å². The van der Waals surface area contributed by atoms with Gasteiger partial charge in [0, 0.05) is 0 Å². The Labute approximate surface area is 124 Å². The molecule has 1 aliphatic carbocycles. The molecule has 6 nitrogen and oxygen atoms in total. The quantitative estimate of drug-likeness (QED) is 0.694. The highest BCUT2D eigenvalue weighted by Crippen LogP contribution is 2.60. The normalized spacial score (nSPS) is 36.1. The van der Waals surface area contributed by atoms with Crippen LogP contribution in [0.4, 0.5) is 0 Å². The average molecular weight is 300 g/mol. The molecule has 1 aliphatic rings. The van der Waals surface area contributed by atoms with Gasteiger partial charge >= 0.3 is 17.9 Å². The topological polar surface area (TPSA) is 112 Å². The van der Waals surface area contributed by atoms with Crippen molar-refractivity contribution in [3.8, 4) is 0 Å². The Hall–Kier alpha value is -1.59. The molecule has 4 atom stereocenters. The maximum absolute atomic E-state index is 12.1. The van der Waals surface area contributed by atoms with Crippen LogP contribution in [-0.2, 0) is 14.4 Å². The first-order chi connectivity index (χ1) is 9.75. The van der Waals surface area contributed by atoms with Gasteiger partial charge in [0.25, 0.3) is 0 Å². The van der Waals surface area contributed by atoms with Crippen molar-refractivity contribution in [1.82, 2.24) is 0 Å². The first-order valence-corrected chi connectivity index (χ1v) is 7.44. The molecule has 0 aliphatic heterocycles. The summed E-state index contributed by atoms with van der Waals surface area (Å²) in [5, 5.41) is 29.0. The number of hydrogen-bond donors (Lipinski definition) is 3. The van der Waals surface area contributed by atoms with Crippen molar-refractivity contribution in [3.63, 3.8) is 0 Å². The Morgan fingerprint density at radius 1 is 1.00 bits per heavy atom. The van der Waals surface area contributed by atoms with E-state index in [1.165, 1.54) is 0 Å². The molecule has 1 rings (SSSR count). The van der Waals surface area contributed by atoms with Crippen LogP contribution in [0.25, 0.3) is 0 Å². The van der Waals surface area contributed by atoms with Crippen LogP contribution in [0, 0.1) is 22.7 Å². The zero-order valence-electron chi connectivity index (χ0n) is 12.8. The molecule has 3 N–H and O–H groups in total. The monoisotopic (exact) mass is 300 g/mol. The van der Waals surface area contributed by atoms with Crippen LogP contribution in [0.15, 0.2) is 0 Å². The van der Waals surface area contributed by atoms with Gasteiger partial charge in [-0.2, -0.15) is 0 Å². The summed E-state index contributed by atoms with van der Waals surface area (Å²) in [6, 6.07) is 0. The Kier molecular flexibility index (Phi) is 5.02. The Bertz CT molecular complexity index is 445. The lowest BCUT2D eigenvalue weighted by atomic mass is 9.46. The lowest BCUT2D eigenvalue weighted by molar-refractivity contribution is -0.197. The SMILES string of the molecule is CCC1C(C(=O)O)CCC(CC)(C(=O)O)C1(CC)C(=O)O. The zero-order chi connectivity index (χ0) is 16.4. The van der Waals surface area contributed by atoms with Gasteiger partial charge in [-0.1, -0.05) is 27.2 Å². The van der Waals surface area contributed by atoms with E-state index >= 15 is 0 Å². The third-order valence-corrected chi connectivity index (χ3v) is 5.56.